The van der Waals surface area contributed by atoms with Gasteiger partial charge in [0.15, 0.2) is 0 Å². The van der Waals surface area contributed by atoms with Gasteiger partial charge in [0.2, 0.25) is 20.0 Å². The predicted octanol–water partition coefficient (Wildman–Crippen LogP) is 0.511. The maximum atomic E-state index is 12.7. The van der Waals surface area contributed by atoms with Gasteiger partial charge in [0.1, 0.15) is 0 Å². The lowest BCUT2D eigenvalue weighted by Gasteiger charge is -2.36. The first-order chi connectivity index (χ1) is 12.7. The first-order valence-corrected chi connectivity index (χ1v) is 12.1. The maximum absolute atomic E-state index is 12.7. The molecule has 1 aromatic rings. The molecule has 1 aliphatic heterocycles. The van der Waals surface area contributed by atoms with Gasteiger partial charge >= 0.3 is 0 Å². The minimum Gasteiger partial charge on any atom is -0.394 e. The largest absolute Gasteiger partial charge is 0.394 e. The Morgan fingerprint density at radius 1 is 1.19 bits per heavy atom. The van der Waals surface area contributed by atoms with E-state index < -0.39 is 32.2 Å². The average Bonchev–Trinajstić information content (AvgIpc) is 2.62. The molecular weight excluding hydrogens is 392 g/mol. The molecule has 3 atom stereocenters. The number of aliphatic hydroxyl groups is 1. The van der Waals surface area contributed by atoms with Crippen LogP contribution in [0, 0.1) is 6.92 Å². The van der Waals surface area contributed by atoms with Crippen LogP contribution in [0.1, 0.15) is 31.7 Å². The lowest BCUT2D eigenvalue weighted by Crippen LogP contribution is -2.51. The summed E-state index contributed by atoms with van der Waals surface area (Å²) in [5.74, 6) is 0.0144. The van der Waals surface area contributed by atoms with Gasteiger partial charge in [-0.25, -0.2) is 26.3 Å². The van der Waals surface area contributed by atoms with Gasteiger partial charge < -0.3 is 9.84 Å². The summed E-state index contributed by atoms with van der Waals surface area (Å²) in [4.78, 5) is 0.206. The number of aliphatic hydroxyl groups excluding tert-OH is 1. The molecule has 154 valence electrons. The molecule has 0 radical (unpaired) electrons. The van der Waals surface area contributed by atoms with Crippen molar-refractivity contribution in [3.63, 3.8) is 0 Å². The van der Waals surface area contributed by atoms with E-state index in [2.05, 4.69) is 9.44 Å². The molecule has 1 heterocycles. The van der Waals surface area contributed by atoms with E-state index in [0.717, 1.165) is 0 Å². The Balaban J connectivity index is 1.96. The molecular formula is C17H28N2O6S2. The number of nitrogens with one attached hydrogen (secondary N) is 2. The summed E-state index contributed by atoms with van der Waals surface area (Å²) in [7, 11) is -6.98. The van der Waals surface area contributed by atoms with E-state index >= 15 is 0 Å². The van der Waals surface area contributed by atoms with Crippen LogP contribution in [0.15, 0.2) is 29.2 Å². The Morgan fingerprint density at radius 2 is 1.89 bits per heavy atom. The Hall–Kier alpha value is -1.04. The molecule has 0 saturated carbocycles. The zero-order valence-corrected chi connectivity index (χ0v) is 17.2. The van der Waals surface area contributed by atoms with Crippen molar-refractivity contribution >= 4 is 20.0 Å². The summed E-state index contributed by atoms with van der Waals surface area (Å²) in [5.41, 5.74) is 0.642. The van der Waals surface area contributed by atoms with Crippen molar-refractivity contribution in [2.24, 2.45) is 0 Å². The predicted molar refractivity (Wildman–Crippen MR) is 102 cm³/mol. The van der Waals surface area contributed by atoms with Crippen molar-refractivity contribution in [2.75, 3.05) is 18.9 Å². The van der Waals surface area contributed by atoms with Crippen LogP contribution in [0.2, 0.25) is 0 Å². The van der Waals surface area contributed by atoms with Gasteiger partial charge in [-0.15, -0.1) is 0 Å². The van der Waals surface area contributed by atoms with Gasteiger partial charge in [0, 0.05) is 6.54 Å². The van der Waals surface area contributed by atoms with Gasteiger partial charge in [0.05, 0.1) is 35.5 Å². The van der Waals surface area contributed by atoms with Crippen LogP contribution in [0.25, 0.3) is 0 Å². The number of benzene rings is 1. The van der Waals surface area contributed by atoms with Crippen LogP contribution >= 0.6 is 0 Å². The van der Waals surface area contributed by atoms with Crippen LogP contribution in [-0.2, 0) is 24.8 Å². The molecule has 0 amide bonds. The first kappa shape index (κ1) is 22.3. The minimum atomic E-state index is -3.72. The topological polar surface area (TPSA) is 122 Å². The maximum Gasteiger partial charge on any atom is 0.241 e. The van der Waals surface area contributed by atoms with Gasteiger partial charge in [-0.05, 0) is 44.7 Å². The summed E-state index contributed by atoms with van der Waals surface area (Å²) in [6, 6.07) is 6.16. The van der Waals surface area contributed by atoms with E-state index in [-0.39, 0.29) is 29.9 Å². The van der Waals surface area contributed by atoms with Gasteiger partial charge in [0.25, 0.3) is 0 Å². The summed E-state index contributed by atoms with van der Waals surface area (Å²) < 4.78 is 59.2. The van der Waals surface area contributed by atoms with E-state index in [9.17, 15) is 21.9 Å². The lowest BCUT2D eigenvalue weighted by molar-refractivity contribution is -0.0869. The minimum absolute atomic E-state index is 0.0144. The van der Waals surface area contributed by atoms with Gasteiger partial charge in [-0.1, -0.05) is 18.2 Å². The van der Waals surface area contributed by atoms with Crippen LogP contribution in [0.4, 0.5) is 0 Å². The van der Waals surface area contributed by atoms with E-state index in [1.807, 2.05) is 0 Å². The molecule has 1 fully saturated rings. The van der Waals surface area contributed by atoms with E-state index in [1.165, 1.54) is 6.07 Å². The van der Waals surface area contributed by atoms with E-state index in [0.29, 0.717) is 24.8 Å². The second-order valence-electron chi connectivity index (χ2n) is 6.64. The number of rotatable bonds is 9. The molecule has 2 rings (SSSR count). The first-order valence-electron chi connectivity index (χ1n) is 9.00. The quantitative estimate of drug-likeness (QED) is 0.535. The zero-order chi connectivity index (χ0) is 20.1. The Kier molecular flexibility index (Phi) is 7.78. The molecule has 0 aromatic heterocycles. The van der Waals surface area contributed by atoms with Crippen LogP contribution in [0.3, 0.4) is 0 Å². The fourth-order valence-corrected chi connectivity index (χ4v) is 5.25. The monoisotopic (exact) mass is 420 g/mol. The molecule has 27 heavy (non-hydrogen) atoms. The molecule has 0 bridgehead atoms. The zero-order valence-electron chi connectivity index (χ0n) is 15.6. The Bertz CT molecular complexity index is 826. The van der Waals surface area contributed by atoms with Crippen molar-refractivity contribution < 1.29 is 26.7 Å². The highest BCUT2D eigenvalue weighted by atomic mass is 32.2. The third-order valence-corrected chi connectivity index (χ3v) is 7.71. The summed E-state index contributed by atoms with van der Waals surface area (Å²) in [5, 5.41) is 9.62. The van der Waals surface area contributed by atoms with Crippen molar-refractivity contribution in [2.45, 2.75) is 56.3 Å². The Morgan fingerprint density at radius 3 is 2.52 bits per heavy atom. The molecule has 1 saturated heterocycles. The van der Waals surface area contributed by atoms with Crippen molar-refractivity contribution in [1.82, 2.24) is 9.44 Å². The second-order valence-corrected chi connectivity index (χ2v) is 10.4. The van der Waals surface area contributed by atoms with Crippen molar-refractivity contribution in [3.8, 4) is 0 Å². The van der Waals surface area contributed by atoms with Gasteiger partial charge in [-0.2, -0.15) is 0 Å². The van der Waals surface area contributed by atoms with E-state index in [4.69, 9.17) is 4.74 Å². The standard InChI is InChI=1S/C17H28N2O6S2/c1-3-26(21,22)18-11-10-14-8-9-15(16(12-20)25-14)19-27(23,24)17-7-5-4-6-13(17)2/h4-7,14-16,18-20H,3,8-12H2,1-2H3/t14-,15-,16-/m1/s1. The smallest absolute Gasteiger partial charge is 0.241 e. The van der Waals surface area contributed by atoms with Crippen molar-refractivity contribution in [3.05, 3.63) is 29.8 Å². The second kappa shape index (κ2) is 9.44. The SMILES string of the molecule is CCS(=O)(=O)NCC[C@H]1CC[C@@H](NS(=O)(=O)c2ccccc2C)[C@@H](CO)O1. The van der Waals surface area contributed by atoms with Gasteiger partial charge in [-0.3, -0.25) is 0 Å². The molecule has 10 heteroatoms. The normalized spacial score (nSPS) is 24.0. The highest BCUT2D eigenvalue weighted by molar-refractivity contribution is 7.89. The van der Waals surface area contributed by atoms with Crippen LogP contribution in [-0.4, -0.2) is 59.1 Å². The highest BCUT2D eigenvalue weighted by Crippen LogP contribution is 2.24. The number of hydrogen-bond donors (Lipinski definition) is 3. The molecule has 0 unspecified atom stereocenters. The summed E-state index contributed by atoms with van der Waals surface area (Å²) in [6.45, 7) is 3.21. The third-order valence-electron chi connectivity index (χ3n) is 4.65. The number of sulfonamides is 2. The highest BCUT2D eigenvalue weighted by Gasteiger charge is 2.34. The van der Waals surface area contributed by atoms with Crippen molar-refractivity contribution in [1.29, 1.82) is 0 Å². The van der Waals surface area contributed by atoms with Crippen LogP contribution in [0.5, 0.6) is 0 Å². The molecule has 0 aliphatic carbocycles. The summed E-state index contributed by atoms with van der Waals surface area (Å²) >= 11 is 0. The average molecular weight is 421 g/mol. The molecule has 3 N–H and O–H groups in total. The lowest BCUT2D eigenvalue weighted by atomic mass is 9.98. The summed E-state index contributed by atoms with van der Waals surface area (Å²) in [6.07, 6.45) is 0.631. The molecule has 8 nitrogen and oxygen atoms in total. The fourth-order valence-electron chi connectivity index (χ4n) is 3.08. The van der Waals surface area contributed by atoms with E-state index in [1.54, 1.807) is 32.0 Å². The number of aryl methyl sites for hydroxylation is 1. The number of hydrogen-bond acceptors (Lipinski definition) is 6. The van der Waals surface area contributed by atoms with Crippen LogP contribution < -0.4 is 9.44 Å². The Labute approximate surface area is 161 Å². The molecule has 0 spiro atoms. The third kappa shape index (κ3) is 6.23. The molecule has 1 aromatic carbocycles. The number of ether oxygens (including phenoxy) is 1. The fraction of sp³-hybridized carbons (Fsp3) is 0.647. The molecule has 1 aliphatic rings.